The van der Waals surface area contributed by atoms with Crippen LogP contribution in [0, 0.1) is 5.92 Å². The molecule has 148 valence electrons. The molecular weight excluding hydrogens is 360 g/mol. The van der Waals surface area contributed by atoms with Crippen molar-refractivity contribution in [3.8, 4) is 11.1 Å². The van der Waals surface area contributed by atoms with Crippen molar-refractivity contribution in [1.29, 1.82) is 0 Å². The van der Waals surface area contributed by atoms with Gasteiger partial charge in [-0.1, -0.05) is 60.7 Å². The molecule has 0 spiro atoms. The van der Waals surface area contributed by atoms with Gasteiger partial charge in [-0.05, 0) is 30.4 Å². The number of carbonyl (C=O) groups excluding carboxylic acids is 1. The van der Waals surface area contributed by atoms with E-state index in [0.717, 1.165) is 49.4 Å². The Morgan fingerprint density at radius 1 is 0.897 bits per heavy atom. The highest BCUT2D eigenvalue weighted by Gasteiger charge is 2.25. The van der Waals surface area contributed by atoms with E-state index in [0.29, 0.717) is 6.54 Å². The van der Waals surface area contributed by atoms with Crippen LogP contribution in [0.5, 0.6) is 0 Å². The Balaban J connectivity index is 1.25. The monoisotopic (exact) mass is 386 g/mol. The van der Waals surface area contributed by atoms with Gasteiger partial charge >= 0.3 is 0 Å². The van der Waals surface area contributed by atoms with Crippen molar-refractivity contribution in [3.05, 3.63) is 78.6 Å². The Kier molecular flexibility index (Phi) is 6.15. The fraction of sp³-hybridized carbons (Fsp3) is 0.292. The van der Waals surface area contributed by atoms with Crippen molar-refractivity contribution in [3.63, 3.8) is 0 Å². The smallest absolute Gasteiger partial charge is 0.225 e. The van der Waals surface area contributed by atoms with Crippen molar-refractivity contribution in [2.75, 3.05) is 24.5 Å². The van der Waals surface area contributed by atoms with Crippen molar-refractivity contribution < 1.29 is 4.79 Å². The summed E-state index contributed by atoms with van der Waals surface area (Å²) in [6.07, 6.45) is 6.29. The number of nitrogens with one attached hydrogen (secondary N) is 1. The van der Waals surface area contributed by atoms with Crippen LogP contribution in [0.4, 0.5) is 5.95 Å². The Labute approximate surface area is 171 Å². The number of hydrogen-bond donors (Lipinski definition) is 1. The summed E-state index contributed by atoms with van der Waals surface area (Å²) in [5.41, 5.74) is 3.38. The number of piperidine rings is 1. The molecule has 0 unspecified atom stereocenters. The van der Waals surface area contributed by atoms with Crippen LogP contribution in [0.1, 0.15) is 18.4 Å². The molecule has 1 aliphatic rings. The van der Waals surface area contributed by atoms with E-state index in [1.807, 2.05) is 48.8 Å². The van der Waals surface area contributed by atoms with Gasteiger partial charge in [0.25, 0.3) is 0 Å². The average molecular weight is 386 g/mol. The minimum absolute atomic E-state index is 0.0746. The summed E-state index contributed by atoms with van der Waals surface area (Å²) in [5, 5.41) is 3.09. The lowest BCUT2D eigenvalue weighted by Gasteiger charge is -2.31. The number of hydrogen-bond acceptors (Lipinski definition) is 4. The minimum Gasteiger partial charge on any atom is -0.356 e. The van der Waals surface area contributed by atoms with Gasteiger partial charge in [0.15, 0.2) is 0 Å². The third-order valence-corrected chi connectivity index (χ3v) is 5.45. The van der Waals surface area contributed by atoms with E-state index in [1.54, 1.807) is 0 Å². The molecule has 0 atom stereocenters. The van der Waals surface area contributed by atoms with Crippen LogP contribution in [0.15, 0.2) is 73.1 Å². The first kappa shape index (κ1) is 19.1. The van der Waals surface area contributed by atoms with Gasteiger partial charge in [0, 0.05) is 43.5 Å². The predicted octanol–water partition coefficient (Wildman–Crippen LogP) is 3.72. The molecule has 2 aromatic carbocycles. The van der Waals surface area contributed by atoms with Gasteiger partial charge < -0.3 is 10.2 Å². The molecule has 1 N–H and O–H groups in total. The second kappa shape index (κ2) is 9.32. The predicted molar refractivity (Wildman–Crippen MR) is 116 cm³/mol. The van der Waals surface area contributed by atoms with E-state index in [1.165, 1.54) is 5.56 Å². The molecule has 1 amide bonds. The zero-order valence-electron chi connectivity index (χ0n) is 16.5. The topological polar surface area (TPSA) is 58.1 Å². The van der Waals surface area contributed by atoms with Crippen molar-refractivity contribution >= 4 is 11.9 Å². The maximum absolute atomic E-state index is 12.5. The molecular formula is C24H26N4O. The summed E-state index contributed by atoms with van der Waals surface area (Å²) < 4.78 is 0. The fourth-order valence-corrected chi connectivity index (χ4v) is 3.72. The lowest BCUT2D eigenvalue weighted by atomic mass is 9.96. The lowest BCUT2D eigenvalue weighted by molar-refractivity contribution is -0.125. The van der Waals surface area contributed by atoms with Crippen molar-refractivity contribution in [1.82, 2.24) is 15.3 Å². The Morgan fingerprint density at radius 3 is 2.17 bits per heavy atom. The van der Waals surface area contributed by atoms with Crippen LogP contribution in [0.3, 0.4) is 0 Å². The highest BCUT2D eigenvalue weighted by Crippen LogP contribution is 2.23. The van der Waals surface area contributed by atoms with Gasteiger partial charge in [0.05, 0.1) is 0 Å². The van der Waals surface area contributed by atoms with Gasteiger partial charge in [0.2, 0.25) is 11.9 Å². The van der Waals surface area contributed by atoms with Gasteiger partial charge in [-0.2, -0.15) is 0 Å². The number of benzene rings is 2. The van der Waals surface area contributed by atoms with Crippen LogP contribution in [0.25, 0.3) is 11.1 Å². The Bertz CT molecular complexity index is 905. The molecule has 1 aromatic heterocycles. The summed E-state index contributed by atoms with van der Waals surface area (Å²) in [5.74, 6) is 0.985. The maximum atomic E-state index is 12.5. The van der Waals surface area contributed by atoms with Crippen molar-refractivity contribution in [2.45, 2.75) is 19.3 Å². The first-order valence-corrected chi connectivity index (χ1v) is 10.2. The molecule has 0 radical (unpaired) electrons. The van der Waals surface area contributed by atoms with E-state index in [9.17, 15) is 4.79 Å². The van der Waals surface area contributed by atoms with Gasteiger partial charge in [-0.15, -0.1) is 0 Å². The molecule has 3 aromatic rings. The van der Waals surface area contributed by atoms with E-state index < -0.39 is 0 Å². The summed E-state index contributed by atoms with van der Waals surface area (Å²) >= 11 is 0. The first-order valence-electron chi connectivity index (χ1n) is 10.2. The van der Waals surface area contributed by atoms with E-state index >= 15 is 0 Å². The number of rotatable bonds is 6. The third kappa shape index (κ3) is 4.99. The average Bonchev–Trinajstić information content (AvgIpc) is 2.80. The minimum atomic E-state index is 0.0746. The molecule has 0 bridgehead atoms. The lowest BCUT2D eigenvalue weighted by Crippen LogP contribution is -2.41. The molecule has 0 aliphatic carbocycles. The highest BCUT2D eigenvalue weighted by molar-refractivity contribution is 5.79. The van der Waals surface area contributed by atoms with Crippen LogP contribution >= 0.6 is 0 Å². The van der Waals surface area contributed by atoms with Gasteiger partial charge in [0.1, 0.15) is 0 Å². The number of amides is 1. The maximum Gasteiger partial charge on any atom is 0.225 e. The number of aromatic nitrogens is 2. The zero-order chi connectivity index (χ0) is 19.9. The molecule has 1 saturated heterocycles. The molecule has 2 heterocycles. The molecule has 1 fully saturated rings. The fourth-order valence-electron chi connectivity index (χ4n) is 3.72. The quantitative estimate of drug-likeness (QED) is 0.701. The van der Waals surface area contributed by atoms with Gasteiger partial charge in [-0.25, -0.2) is 9.97 Å². The van der Waals surface area contributed by atoms with Crippen LogP contribution in [-0.4, -0.2) is 35.5 Å². The van der Waals surface area contributed by atoms with E-state index in [2.05, 4.69) is 44.5 Å². The molecule has 0 saturated carbocycles. The van der Waals surface area contributed by atoms with Crippen LogP contribution < -0.4 is 10.2 Å². The SMILES string of the molecule is O=C(NCCc1ccccc1)C1CCN(c2ncc(-c3ccccc3)cn2)CC1. The second-order valence-corrected chi connectivity index (χ2v) is 7.43. The van der Waals surface area contributed by atoms with E-state index in [4.69, 9.17) is 0 Å². The summed E-state index contributed by atoms with van der Waals surface area (Å²) in [4.78, 5) is 23.7. The summed E-state index contributed by atoms with van der Waals surface area (Å²) in [7, 11) is 0. The largest absolute Gasteiger partial charge is 0.356 e. The standard InChI is InChI=1S/C24H26N4O/c29-23(25-14-11-19-7-3-1-4-8-19)21-12-15-28(16-13-21)24-26-17-22(18-27-24)20-9-5-2-6-10-20/h1-10,17-18,21H,11-16H2,(H,25,29). The third-order valence-electron chi connectivity index (χ3n) is 5.45. The number of anilines is 1. The van der Waals surface area contributed by atoms with E-state index in [-0.39, 0.29) is 11.8 Å². The Hall–Kier alpha value is -3.21. The highest BCUT2D eigenvalue weighted by atomic mass is 16.1. The number of carbonyl (C=O) groups is 1. The van der Waals surface area contributed by atoms with Gasteiger partial charge in [-0.3, -0.25) is 4.79 Å². The molecule has 4 rings (SSSR count). The molecule has 5 nitrogen and oxygen atoms in total. The normalized spacial score (nSPS) is 14.6. The van der Waals surface area contributed by atoms with Crippen LogP contribution in [0.2, 0.25) is 0 Å². The first-order chi connectivity index (χ1) is 14.3. The Morgan fingerprint density at radius 2 is 1.52 bits per heavy atom. The summed E-state index contributed by atoms with van der Waals surface area (Å²) in [6.45, 7) is 2.30. The summed E-state index contributed by atoms with van der Waals surface area (Å²) in [6, 6.07) is 20.4. The molecule has 5 heteroatoms. The van der Waals surface area contributed by atoms with Crippen molar-refractivity contribution in [2.24, 2.45) is 5.92 Å². The van der Waals surface area contributed by atoms with Crippen LogP contribution in [-0.2, 0) is 11.2 Å². The number of nitrogens with zero attached hydrogens (tertiary/aromatic N) is 3. The molecule has 1 aliphatic heterocycles. The molecule has 29 heavy (non-hydrogen) atoms. The second-order valence-electron chi connectivity index (χ2n) is 7.43. The zero-order valence-corrected chi connectivity index (χ0v) is 16.5.